The highest BCUT2D eigenvalue weighted by atomic mass is 32.2. The lowest BCUT2D eigenvalue weighted by atomic mass is 10.2. The molecule has 0 unspecified atom stereocenters. The van der Waals surface area contributed by atoms with E-state index in [1.807, 2.05) is 30.3 Å². The molecule has 0 spiro atoms. The van der Waals surface area contributed by atoms with E-state index in [0.29, 0.717) is 6.42 Å². The Balaban J connectivity index is 2.62. The van der Waals surface area contributed by atoms with E-state index in [1.165, 1.54) is 0 Å². The van der Waals surface area contributed by atoms with Crippen LogP contribution in [0.4, 0.5) is 0 Å². The van der Waals surface area contributed by atoms with Crippen LogP contribution in [0, 0.1) is 0 Å². The standard InChI is InChI=1S/C12H19NO4S/c14-9-7-13(8-10-15)18(16,17)11-6-12-4-2-1-3-5-12/h1-5,14-15H,6-11H2. The number of aliphatic hydroxyl groups is 2. The van der Waals surface area contributed by atoms with Gasteiger partial charge in [0, 0.05) is 13.1 Å². The monoisotopic (exact) mass is 273 g/mol. The van der Waals surface area contributed by atoms with Gasteiger partial charge in [-0.25, -0.2) is 8.42 Å². The molecule has 0 aliphatic heterocycles. The van der Waals surface area contributed by atoms with Crippen molar-refractivity contribution in [2.45, 2.75) is 6.42 Å². The maximum Gasteiger partial charge on any atom is 0.214 e. The second-order valence-electron chi connectivity index (χ2n) is 3.90. The van der Waals surface area contributed by atoms with Crippen molar-refractivity contribution in [2.75, 3.05) is 32.1 Å². The molecule has 0 fully saturated rings. The topological polar surface area (TPSA) is 77.8 Å². The molecule has 0 amide bonds. The van der Waals surface area contributed by atoms with Crippen molar-refractivity contribution in [3.63, 3.8) is 0 Å². The van der Waals surface area contributed by atoms with E-state index in [0.717, 1.165) is 9.87 Å². The molecule has 1 aromatic rings. The third kappa shape index (κ3) is 4.73. The summed E-state index contributed by atoms with van der Waals surface area (Å²) in [4.78, 5) is 0. The van der Waals surface area contributed by atoms with E-state index in [2.05, 4.69) is 0 Å². The molecular formula is C12H19NO4S. The first-order valence-corrected chi connectivity index (χ1v) is 7.44. The van der Waals surface area contributed by atoms with Crippen molar-refractivity contribution in [3.05, 3.63) is 35.9 Å². The average Bonchev–Trinajstić information content (AvgIpc) is 2.37. The molecule has 0 radical (unpaired) electrons. The minimum absolute atomic E-state index is 0.0169. The summed E-state index contributed by atoms with van der Waals surface area (Å²) in [7, 11) is -3.43. The van der Waals surface area contributed by atoms with Gasteiger partial charge in [-0.2, -0.15) is 4.31 Å². The van der Waals surface area contributed by atoms with Crippen LogP contribution in [-0.4, -0.2) is 55.0 Å². The van der Waals surface area contributed by atoms with Crippen molar-refractivity contribution < 1.29 is 18.6 Å². The van der Waals surface area contributed by atoms with Crippen molar-refractivity contribution in [2.24, 2.45) is 0 Å². The predicted molar refractivity (Wildman–Crippen MR) is 69.7 cm³/mol. The van der Waals surface area contributed by atoms with Gasteiger partial charge in [0.15, 0.2) is 0 Å². The molecule has 2 N–H and O–H groups in total. The first-order chi connectivity index (χ1) is 8.60. The molecule has 0 heterocycles. The molecule has 0 saturated heterocycles. The second kappa shape index (κ2) is 7.48. The highest BCUT2D eigenvalue weighted by molar-refractivity contribution is 7.89. The van der Waals surface area contributed by atoms with Gasteiger partial charge in [-0.15, -0.1) is 0 Å². The van der Waals surface area contributed by atoms with Gasteiger partial charge in [0.05, 0.1) is 19.0 Å². The molecule has 1 rings (SSSR count). The zero-order valence-electron chi connectivity index (χ0n) is 10.2. The Morgan fingerprint density at radius 1 is 1.00 bits per heavy atom. The van der Waals surface area contributed by atoms with Gasteiger partial charge < -0.3 is 10.2 Å². The smallest absolute Gasteiger partial charge is 0.214 e. The number of nitrogens with zero attached hydrogens (tertiary/aromatic N) is 1. The summed E-state index contributed by atoms with van der Waals surface area (Å²) in [6.07, 6.45) is 0.427. The molecule has 102 valence electrons. The minimum atomic E-state index is -3.43. The van der Waals surface area contributed by atoms with Gasteiger partial charge in [-0.05, 0) is 12.0 Å². The fourth-order valence-corrected chi connectivity index (χ4v) is 3.11. The fraction of sp³-hybridized carbons (Fsp3) is 0.500. The zero-order chi connectivity index (χ0) is 13.4. The molecule has 0 bridgehead atoms. The summed E-state index contributed by atoms with van der Waals surface area (Å²) in [5.74, 6) is -0.0169. The average molecular weight is 273 g/mol. The number of benzene rings is 1. The Labute approximate surface area is 108 Å². The highest BCUT2D eigenvalue weighted by Gasteiger charge is 2.20. The lowest BCUT2D eigenvalue weighted by molar-refractivity contribution is 0.217. The van der Waals surface area contributed by atoms with Crippen LogP contribution >= 0.6 is 0 Å². The second-order valence-corrected chi connectivity index (χ2v) is 5.99. The Morgan fingerprint density at radius 3 is 2.06 bits per heavy atom. The molecule has 0 atom stereocenters. The normalized spacial score (nSPS) is 11.9. The molecule has 6 heteroatoms. The number of aliphatic hydroxyl groups excluding tert-OH is 2. The summed E-state index contributed by atoms with van der Waals surface area (Å²) < 4.78 is 25.1. The molecule has 0 aliphatic rings. The molecule has 0 saturated carbocycles. The van der Waals surface area contributed by atoms with Crippen LogP contribution in [0.15, 0.2) is 30.3 Å². The van der Waals surface area contributed by atoms with Crippen LogP contribution in [-0.2, 0) is 16.4 Å². The third-order valence-electron chi connectivity index (χ3n) is 2.58. The maximum atomic E-state index is 12.0. The van der Waals surface area contributed by atoms with E-state index < -0.39 is 10.0 Å². The predicted octanol–water partition coefficient (Wildman–Crippen LogP) is -0.154. The zero-order valence-corrected chi connectivity index (χ0v) is 11.0. The Hall–Kier alpha value is -0.950. The van der Waals surface area contributed by atoms with Crippen molar-refractivity contribution >= 4 is 10.0 Å². The van der Waals surface area contributed by atoms with Crippen LogP contribution in [0.1, 0.15) is 5.56 Å². The number of hydrogen-bond donors (Lipinski definition) is 2. The third-order valence-corrected chi connectivity index (χ3v) is 4.46. The van der Waals surface area contributed by atoms with E-state index in [9.17, 15) is 8.42 Å². The van der Waals surface area contributed by atoms with Crippen molar-refractivity contribution in [3.8, 4) is 0 Å². The quantitative estimate of drug-likeness (QED) is 0.690. The van der Waals surface area contributed by atoms with E-state index >= 15 is 0 Å². The van der Waals surface area contributed by atoms with Crippen LogP contribution in [0.25, 0.3) is 0 Å². The fourth-order valence-electron chi connectivity index (χ4n) is 1.63. The minimum Gasteiger partial charge on any atom is -0.395 e. The first-order valence-electron chi connectivity index (χ1n) is 5.83. The molecule has 1 aromatic carbocycles. The first kappa shape index (κ1) is 15.1. The maximum absolute atomic E-state index is 12.0. The number of sulfonamides is 1. The van der Waals surface area contributed by atoms with Gasteiger partial charge in [0.2, 0.25) is 10.0 Å². The Bertz CT molecular complexity index is 427. The van der Waals surface area contributed by atoms with Gasteiger partial charge in [0.1, 0.15) is 0 Å². The molecular weight excluding hydrogens is 254 g/mol. The van der Waals surface area contributed by atoms with Gasteiger partial charge >= 0.3 is 0 Å². The highest BCUT2D eigenvalue weighted by Crippen LogP contribution is 2.06. The SMILES string of the molecule is O=S(=O)(CCc1ccccc1)N(CCO)CCO. The van der Waals surface area contributed by atoms with Crippen LogP contribution in [0.5, 0.6) is 0 Å². The Kier molecular flexibility index (Phi) is 6.28. The lowest BCUT2D eigenvalue weighted by Gasteiger charge is -2.20. The van der Waals surface area contributed by atoms with Crippen molar-refractivity contribution in [1.29, 1.82) is 0 Å². The Morgan fingerprint density at radius 2 is 1.56 bits per heavy atom. The summed E-state index contributed by atoms with van der Waals surface area (Å²) in [6, 6.07) is 9.35. The van der Waals surface area contributed by atoms with E-state index in [1.54, 1.807) is 0 Å². The van der Waals surface area contributed by atoms with Crippen LogP contribution in [0.3, 0.4) is 0 Å². The summed E-state index contributed by atoms with van der Waals surface area (Å²) in [5, 5.41) is 17.6. The van der Waals surface area contributed by atoms with Crippen LogP contribution in [0.2, 0.25) is 0 Å². The largest absolute Gasteiger partial charge is 0.395 e. The lowest BCUT2D eigenvalue weighted by Crippen LogP contribution is -2.37. The van der Waals surface area contributed by atoms with E-state index in [-0.39, 0.29) is 32.1 Å². The molecule has 0 aromatic heterocycles. The van der Waals surface area contributed by atoms with E-state index in [4.69, 9.17) is 10.2 Å². The van der Waals surface area contributed by atoms with Gasteiger partial charge in [-0.3, -0.25) is 0 Å². The van der Waals surface area contributed by atoms with Gasteiger partial charge in [0.25, 0.3) is 0 Å². The summed E-state index contributed by atoms with van der Waals surface area (Å²) >= 11 is 0. The molecule has 18 heavy (non-hydrogen) atoms. The molecule has 5 nitrogen and oxygen atoms in total. The molecule has 0 aliphatic carbocycles. The number of hydrogen-bond acceptors (Lipinski definition) is 4. The van der Waals surface area contributed by atoms with Crippen LogP contribution < -0.4 is 0 Å². The number of aryl methyl sites for hydroxylation is 1. The van der Waals surface area contributed by atoms with Gasteiger partial charge in [-0.1, -0.05) is 30.3 Å². The van der Waals surface area contributed by atoms with Crippen molar-refractivity contribution in [1.82, 2.24) is 4.31 Å². The summed E-state index contributed by atoms with van der Waals surface area (Å²) in [6.45, 7) is -0.440. The number of rotatable bonds is 8. The summed E-state index contributed by atoms with van der Waals surface area (Å²) in [5.41, 5.74) is 0.953.